The van der Waals surface area contributed by atoms with Gasteiger partial charge >= 0.3 is 6.30 Å². The molecule has 0 bridgehead atoms. The molecule has 0 amide bonds. The lowest BCUT2D eigenvalue weighted by molar-refractivity contribution is -0.125. The van der Waals surface area contributed by atoms with Crippen molar-refractivity contribution in [2.75, 3.05) is 0 Å². The molecule has 1 aromatic rings. The van der Waals surface area contributed by atoms with Crippen LogP contribution < -0.4 is 0 Å². The molecule has 1 aromatic carbocycles. The predicted octanol–water partition coefficient (Wildman–Crippen LogP) is 3.00. The molecule has 6 heteroatoms. The lowest BCUT2D eigenvalue weighted by Gasteiger charge is -1.96. The van der Waals surface area contributed by atoms with E-state index in [0.717, 1.165) is 6.07 Å². The molecule has 0 aliphatic carbocycles. The maximum Gasteiger partial charge on any atom is 0.521 e. The average Bonchev–Trinajstić information content (AvgIpc) is 2.00. The maximum atomic E-state index is 11.5. The lowest BCUT2D eigenvalue weighted by Crippen LogP contribution is -1.99. The van der Waals surface area contributed by atoms with Crippen molar-refractivity contribution in [3.05, 3.63) is 24.3 Å². The number of nitrogens with zero attached hydrogens (tertiary/aromatic N) is 2. The third-order valence-corrected chi connectivity index (χ3v) is 1.11. The summed E-state index contributed by atoms with van der Waals surface area (Å²) in [6.45, 7) is 0. The van der Waals surface area contributed by atoms with Crippen molar-refractivity contribution >= 4 is 5.69 Å². The van der Waals surface area contributed by atoms with E-state index in [9.17, 15) is 13.2 Å². The second-order valence-electron chi connectivity index (χ2n) is 2.19. The molecule has 0 saturated carbocycles. The molecule has 13 heavy (non-hydrogen) atoms. The minimum absolute atomic E-state index is 0.0441. The predicted molar refractivity (Wildman–Crippen MR) is 38.7 cm³/mol. The summed E-state index contributed by atoms with van der Waals surface area (Å²) in [7, 11) is 0. The summed E-state index contributed by atoms with van der Waals surface area (Å²) in [6, 6.07) is 5.08. The van der Waals surface area contributed by atoms with E-state index >= 15 is 0 Å². The van der Waals surface area contributed by atoms with Gasteiger partial charge in [-0.15, -0.1) is 18.3 Å². The van der Waals surface area contributed by atoms with E-state index in [0.29, 0.717) is 0 Å². The molecule has 70 valence electrons. The van der Waals surface area contributed by atoms with Crippen molar-refractivity contribution in [1.29, 1.82) is 0 Å². The highest BCUT2D eigenvalue weighted by atomic mass is 19.4. The second-order valence-corrected chi connectivity index (χ2v) is 2.19. The number of benzene rings is 1. The number of hydrogen-bond acceptors (Lipinski definition) is 3. The Kier molecular flexibility index (Phi) is 2.50. The fourth-order valence-corrected chi connectivity index (χ4v) is 0.670. The van der Waals surface area contributed by atoms with Gasteiger partial charge in [-0.3, -0.25) is 0 Å². The zero-order valence-electron chi connectivity index (χ0n) is 6.28. The molecular formula is C7H5F3N2O. The largest absolute Gasteiger partial charge is 0.521 e. The first kappa shape index (κ1) is 9.50. The highest BCUT2D eigenvalue weighted by Crippen LogP contribution is 2.23. The van der Waals surface area contributed by atoms with Crippen LogP contribution in [0.3, 0.4) is 0 Å². The Labute approximate surface area is 71.5 Å². The first-order valence-corrected chi connectivity index (χ1v) is 3.26. The molecule has 0 spiro atoms. The summed E-state index contributed by atoms with van der Waals surface area (Å²) in [5.41, 5.74) is -0.0441. The zero-order valence-corrected chi connectivity index (χ0v) is 6.28. The summed E-state index contributed by atoms with van der Waals surface area (Å²) in [5, 5.41) is 13.8. The van der Waals surface area contributed by atoms with Crippen LogP contribution in [0.2, 0.25) is 0 Å². The Hall–Kier alpha value is -1.59. The summed E-state index contributed by atoms with van der Waals surface area (Å²) in [4.78, 5) is 0. The van der Waals surface area contributed by atoms with E-state index in [-0.39, 0.29) is 11.4 Å². The molecule has 0 saturated heterocycles. The molecule has 0 unspecified atom stereocenters. The van der Waals surface area contributed by atoms with Crippen molar-refractivity contribution in [2.45, 2.75) is 6.30 Å². The van der Waals surface area contributed by atoms with Crippen molar-refractivity contribution in [3.63, 3.8) is 0 Å². The molecule has 0 heterocycles. The average molecular weight is 190 g/mol. The van der Waals surface area contributed by atoms with Crippen LogP contribution in [-0.2, 0) is 0 Å². The normalized spacial score (nSPS) is 12.2. The molecular weight excluding hydrogens is 185 g/mol. The number of phenolic OH excluding ortho intramolecular Hbond substituents is 1. The van der Waals surface area contributed by atoms with E-state index in [1.807, 2.05) is 0 Å². The minimum atomic E-state index is -4.68. The van der Waals surface area contributed by atoms with Crippen LogP contribution in [-0.4, -0.2) is 11.4 Å². The Morgan fingerprint density at radius 2 is 1.92 bits per heavy atom. The third kappa shape index (κ3) is 3.55. The number of hydrogen-bond donors (Lipinski definition) is 1. The topological polar surface area (TPSA) is 45.0 Å². The summed E-state index contributed by atoms with van der Waals surface area (Å²) < 4.78 is 34.6. The van der Waals surface area contributed by atoms with E-state index in [1.165, 1.54) is 18.2 Å². The Morgan fingerprint density at radius 3 is 2.46 bits per heavy atom. The van der Waals surface area contributed by atoms with Crippen LogP contribution in [0, 0.1) is 0 Å². The van der Waals surface area contributed by atoms with E-state index in [2.05, 4.69) is 10.2 Å². The number of alkyl halides is 3. The highest BCUT2D eigenvalue weighted by molar-refractivity contribution is 5.41. The van der Waals surface area contributed by atoms with Gasteiger partial charge in [0, 0.05) is 6.07 Å². The van der Waals surface area contributed by atoms with Crippen LogP contribution in [0.15, 0.2) is 34.5 Å². The van der Waals surface area contributed by atoms with Gasteiger partial charge in [-0.1, -0.05) is 11.2 Å². The van der Waals surface area contributed by atoms with Crippen molar-refractivity contribution < 1.29 is 18.3 Å². The van der Waals surface area contributed by atoms with Crippen molar-refractivity contribution in [1.82, 2.24) is 0 Å². The molecule has 0 atom stereocenters. The molecule has 0 aromatic heterocycles. The molecule has 0 aliphatic rings. The van der Waals surface area contributed by atoms with Crippen LogP contribution in [0.1, 0.15) is 0 Å². The van der Waals surface area contributed by atoms with Gasteiger partial charge in [0.25, 0.3) is 0 Å². The Balaban J connectivity index is 2.80. The number of rotatable bonds is 1. The third-order valence-electron chi connectivity index (χ3n) is 1.11. The van der Waals surface area contributed by atoms with E-state index in [1.54, 1.807) is 0 Å². The van der Waals surface area contributed by atoms with Crippen molar-refractivity contribution in [3.8, 4) is 5.75 Å². The van der Waals surface area contributed by atoms with Crippen LogP contribution in [0.5, 0.6) is 5.75 Å². The second kappa shape index (κ2) is 3.42. The van der Waals surface area contributed by atoms with Gasteiger partial charge in [0.2, 0.25) is 0 Å². The fraction of sp³-hybridized carbons (Fsp3) is 0.143. The number of aromatic hydroxyl groups is 1. The maximum absolute atomic E-state index is 11.5. The Bertz CT molecular complexity index is 322. The van der Waals surface area contributed by atoms with Crippen LogP contribution >= 0.6 is 0 Å². The molecule has 3 nitrogen and oxygen atoms in total. The van der Waals surface area contributed by atoms with Gasteiger partial charge in [0.1, 0.15) is 5.75 Å². The SMILES string of the molecule is Oc1cccc(N=NC(F)(F)F)c1. The smallest absolute Gasteiger partial charge is 0.508 e. The first-order chi connectivity index (χ1) is 5.97. The Morgan fingerprint density at radius 1 is 1.23 bits per heavy atom. The van der Waals surface area contributed by atoms with Gasteiger partial charge in [0.15, 0.2) is 0 Å². The molecule has 1 rings (SSSR count). The minimum Gasteiger partial charge on any atom is -0.508 e. The van der Waals surface area contributed by atoms with E-state index in [4.69, 9.17) is 5.11 Å². The molecule has 0 radical (unpaired) electrons. The molecule has 1 N–H and O–H groups in total. The van der Waals surface area contributed by atoms with Crippen LogP contribution in [0.4, 0.5) is 18.9 Å². The first-order valence-electron chi connectivity index (χ1n) is 3.26. The van der Waals surface area contributed by atoms with Gasteiger partial charge in [0.05, 0.1) is 5.69 Å². The monoisotopic (exact) mass is 190 g/mol. The van der Waals surface area contributed by atoms with Crippen LogP contribution in [0.25, 0.3) is 0 Å². The molecule has 0 aliphatic heterocycles. The standard InChI is InChI=1S/C7H5F3N2O/c8-7(9,10)12-11-5-2-1-3-6(13)4-5/h1-4,13H. The number of halogens is 3. The highest BCUT2D eigenvalue weighted by Gasteiger charge is 2.26. The summed E-state index contributed by atoms with van der Waals surface area (Å²) >= 11 is 0. The fourth-order valence-electron chi connectivity index (χ4n) is 0.670. The van der Waals surface area contributed by atoms with Crippen molar-refractivity contribution in [2.24, 2.45) is 10.2 Å². The number of azo groups is 1. The quantitative estimate of drug-likeness (QED) is 0.536. The van der Waals surface area contributed by atoms with Gasteiger partial charge < -0.3 is 5.11 Å². The lowest BCUT2D eigenvalue weighted by atomic mass is 10.3. The summed E-state index contributed by atoms with van der Waals surface area (Å²) in [5.74, 6) is -0.154. The van der Waals surface area contributed by atoms with Gasteiger partial charge in [-0.2, -0.15) is 0 Å². The molecule has 0 fully saturated rings. The zero-order chi connectivity index (χ0) is 9.90. The summed E-state index contributed by atoms with van der Waals surface area (Å²) in [6.07, 6.45) is -4.68. The van der Waals surface area contributed by atoms with E-state index < -0.39 is 6.30 Å². The van der Waals surface area contributed by atoms with Gasteiger partial charge in [-0.05, 0) is 12.1 Å². The number of phenols is 1. The van der Waals surface area contributed by atoms with Gasteiger partial charge in [-0.25, -0.2) is 0 Å².